The summed E-state index contributed by atoms with van der Waals surface area (Å²) >= 11 is 5.82. The van der Waals surface area contributed by atoms with E-state index in [4.69, 9.17) is 30.5 Å². The van der Waals surface area contributed by atoms with Crippen LogP contribution in [0.1, 0.15) is 37.3 Å². The fraction of sp³-hybridized carbons (Fsp3) is 0.172. The van der Waals surface area contributed by atoms with Gasteiger partial charge in [-0.1, -0.05) is 66.2 Å². The second-order valence-electron chi connectivity index (χ2n) is 8.81. The summed E-state index contributed by atoms with van der Waals surface area (Å²) in [5.41, 5.74) is -0.203. The minimum Gasteiger partial charge on any atom is -0.459 e. The maximum absolute atomic E-state index is 13.1. The third kappa shape index (κ3) is 6.48. The van der Waals surface area contributed by atoms with Gasteiger partial charge in [0, 0.05) is 0 Å². The van der Waals surface area contributed by atoms with Crippen molar-refractivity contribution in [3.05, 3.63) is 130 Å². The number of nitrogens with zero attached hydrogens (tertiary/aromatic N) is 3. The molecular weight excluding hydrogens is 554 g/mol. The maximum atomic E-state index is 13.1. The molecule has 0 radical (unpaired) electrons. The first-order valence-electron chi connectivity index (χ1n) is 12.4. The average Bonchev–Trinajstić information content (AvgIpc) is 3.33. The summed E-state index contributed by atoms with van der Waals surface area (Å²) in [5.74, 6) is -2.19. The Kier molecular flexibility index (Phi) is 8.47. The summed E-state index contributed by atoms with van der Waals surface area (Å²) < 4.78 is 23.9. The van der Waals surface area contributed by atoms with Gasteiger partial charge in [-0.25, -0.2) is 19.2 Å². The van der Waals surface area contributed by atoms with Crippen molar-refractivity contribution in [2.75, 3.05) is 6.61 Å². The van der Waals surface area contributed by atoms with Crippen LogP contribution < -0.4 is 5.69 Å². The van der Waals surface area contributed by atoms with Crippen LogP contribution in [0.3, 0.4) is 0 Å². The van der Waals surface area contributed by atoms with Crippen LogP contribution >= 0.6 is 11.6 Å². The van der Waals surface area contributed by atoms with Crippen LogP contribution in [0.15, 0.2) is 102 Å². The number of carbonyl (C=O) groups is 3. The van der Waals surface area contributed by atoms with E-state index < -0.39 is 54.7 Å². The van der Waals surface area contributed by atoms with Crippen molar-refractivity contribution < 1.29 is 33.3 Å². The molecule has 12 heteroatoms. The Hall–Kier alpha value is -4.87. The van der Waals surface area contributed by atoms with Crippen LogP contribution in [-0.4, -0.2) is 57.6 Å². The van der Waals surface area contributed by atoms with Crippen LogP contribution in [0, 0.1) is 0 Å². The molecule has 41 heavy (non-hydrogen) atoms. The van der Waals surface area contributed by atoms with Crippen molar-refractivity contribution in [1.29, 1.82) is 0 Å². The standard InChI is InChI=1S/C29H22ClN3O8/c30-22-16-31-33(29(37)32-22)25-24(41-28(36)20-14-8-3-9-15-20)23(40-27(35)19-12-6-2-7-13-19)21(39-25)17-38-26(34)18-10-4-1-5-11-18/h1-16,21,23-25H,17H2/t21-,23-,24-,25+/m0/s1. The van der Waals surface area contributed by atoms with Crippen molar-refractivity contribution in [1.82, 2.24) is 14.8 Å². The number of carbonyl (C=O) groups excluding carboxylic acids is 3. The zero-order valence-corrected chi connectivity index (χ0v) is 22.0. The molecule has 0 saturated carbocycles. The first-order chi connectivity index (χ1) is 19.9. The number of benzene rings is 3. The van der Waals surface area contributed by atoms with Gasteiger partial charge in [-0.15, -0.1) is 0 Å². The van der Waals surface area contributed by atoms with E-state index >= 15 is 0 Å². The second-order valence-corrected chi connectivity index (χ2v) is 9.19. The summed E-state index contributed by atoms with van der Waals surface area (Å²) in [6.07, 6.45) is -4.19. The van der Waals surface area contributed by atoms with Gasteiger partial charge in [0.1, 0.15) is 12.7 Å². The molecule has 1 saturated heterocycles. The van der Waals surface area contributed by atoms with E-state index in [2.05, 4.69) is 10.1 Å². The second kappa shape index (κ2) is 12.5. The molecule has 0 unspecified atom stereocenters. The number of esters is 3. The molecule has 0 amide bonds. The Balaban J connectivity index is 1.49. The van der Waals surface area contributed by atoms with E-state index in [0.29, 0.717) is 0 Å². The van der Waals surface area contributed by atoms with Crippen LogP contribution in [0.25, 0.3) is 0 Å². The monoisotopic (exact) mass is 575 g/mol. The lowest BCUT2D eigenvalue weighted by Gasteiger charge is -2.24. The van der Waals surface area contributed by atoms with Crippen LogP contribution in [0.4, 0.5) is 0 Å². The summed E-state index contributed by atoms with van der Waals surface area (Å²) in [6, 6.07) is 24.4. The lowest BCUT2D eigenvalue weighted by Crippen LogP contribution is -2.43. The first kappa shape index (κ1) is 27.7. The first-order valence-corrected chi connectivity index (χ1v) is 12.8. The van der Waals surface area contributed by atoms with E-state index in [1.54, 1.807) is 78.9 Å². The molecule has 0 spiro atoms. The molecule has 11 nitrogen and oxygen atoms in total. The Morgan fingerprint density at radius 3 is 1.76 bits per heavy atom. The molecule has 4 aromatic rings. The summed E-state index contributed by atoms with van der Waals surface area (Å²) in [7, 11) is 0. The SMILES string of the molecule is O=C(OC[C@@H]1O[C@@H](n2ncc(Cl)nc2=O)[C@@H](OC(=O)c2ccccc2)[C@H]1OC(=O)c1ccccc1)c1ccccc1. The number of rotatable bonds is 8. The predicted octanol–water partition coefficient (Wildman–Crippen LogP) is 3.50. The number of halogens is 1. The van der Waals surface area contributed by atoms with E-state index in [1.165, 1.54) is 12.1 Å². The average molecular weight is 576 g/mol. The van der Waals surface area contributed by atoms with Gasteiger partial charge in [0.15, 0.2) is 23.6 Å². The van der Waals surface area contributed by atoms with Crippen LogP contribution in [0.5, 0.6) is 0 Å². The number of hydrogen-bond acceptors (Lipinski definition) is 10. The largest absolute Gasteiger partial charge is 0.459 e. The van der Waals surface area contributed by atoms with Crippen LogP contribution in [-0.2, 0) is 18.9 Å². The number of ether oxygens (including phenoxy) is 4. The summed E-state index contributed by atoms with van der Waals surface area (Å²) in [5, 5.41) is 3.82. The zero-order chi connectivity index (χ0) is 28.8. The topological polar surface area (TPSA) is 136 Å². The van der Waals surface area contributed by atoms with E-state index in [9.17, 15) is 19.2 Å². The summed E-state index contributed by atoms with van der Waals surface area (Å²) in [4.78, 5) is 55.3. The molecule has 2 heterocycles. The third-order valence-corrected chi connectivity index (χ3v) is 6.29. The molecule has 0 aliphatic carbocycles. The van der Waals surface area contributed by atoms with Crippen molar-refractivity contribution >= 4 is 29.5 Å². The van der Waals surface area contributed by atoms with E-state index in [-0.39, 0.29) is 21.8 Å². The highest BCUT2D eigenvalue weighted by Crippen LogP contribution is 2.34. The van der Waals surface area contributed by atoms with Gasteiger partial charge < -0.3 is 18.9 Å². The third-order valence-electron chi connectivity index (χ3n) is 6.11. The van der Waals surface area contributed by atoms with Gasteiger partial charge in [-0.2, -0.15) is 14.8 Å². The molecule has 1 aliphatic rings. The van der Waals surface area contributed by atoms with Gasteiger partial charge >= 0.3 is 23.6 Å². The molecule has 1 fully saturated rings. The fourth-order valence-corrected chi connectivity index (χ4v) is 4.28. The highest BCUT2D eigenvalue weighted by molar-refractivity contribution is 6.29. The lowest BCUT2D eigenvalue weighted by atomic mass is 10.1. The Morgan fingerprint density at radius 2 is 1.24 bits per heavy atom. The molecule has 3 aromatic carbocycles. The van der Waals surface area contributed by atoms with Gasteiger partial charge in [0.05, 0.1) is 22.9 Å². The van der Waals surface area contributed by atoms with Gasteiger partial charge in [-0.3, -0.25) is 0 Å². The number of aromatic nitrogens is 3. The molecule has 208 valence electrons. The Bertz CT molecular complexity index is 1580. The molecule has 0 bridgehead atoms. The van der Waals surface area contributed by atoms with Crippen molar-refractivity contribution in [3.63, 3.8) is 0 Å². The molecular formula is C29H22ClN3O8. The highest BCUT2D eigenvalue weighted by Gasteiger charge is 2.52. The summed E-state index contributed by atoms with van der Waals surface area (Å²) in [6.45, 7) is -0.411. The van der Waals surface area contributed by atoms with Crippen molar-refractivity contribution in [3.8, 4) is 0 Å². The van der Waals surface area contributed by atoms with E-state index in [0.717, 1.165) is 10.9 Å². The molecule has 0 N–H and O–H groups in total. The Morgan fingerprint density at radius 1 is 0.756 bits per heavy atom. The quantitative estimate of drug-likeness (QED) is 0.227. The fourth-order valence-electron chi connectivity index (χ4n) is 4.16. The van der Waals surface area contributed by atoms with Gasteiger partial charge in [-0.05, 0) is 36.4 Å². The zero-order valence-electron chi connectivity index (χ0n) is 21.2. The smallest absolute Gasteiger partial charge is 0.367 e. The van der Waals surface area contributed by atoms with Gasteiger partial charge in [0.2, 0.25) is 0 Å². The number of hydrogen-bond donors (Lipinski definition) is 0. The minimum absolute atomic E-state index is 0.164. The Labute approximate surface area is 238 Å². The minimum atomic E-state index is -1.41. The lowest BCUT2D eigenvalue weighted by molar-refractivity contribution is -0.0698. The maximum Gasteiger partial charge on any atom is 0.367 e. The molecule has 4 atom stereocenters. The highest BCUT2D eigenvalue weighted by atomic mass is 35.5. The van der Waals surface area contributed by atoms with Gasteiger partial charge in [0.25, 0.3) is 0 Å². The van der Waals surface area contributed by atoms with Crippen molar-refractivity contribution in [2.45, 2.75) is 24.5 Å². The molecule has 1 aromatic heterocycles. The normalized spacial score (nSPS) is 19.7. The van der Waals surface area contributed by atoms with E-state index in [1.807, 2.05) is 0 Å². The predicted molar refractivity (Wildman–Crippen MR) is 143 cm³/mol. The molecule has 1 aliphatic heterocycles. The van der Waals surface area contributed by atoms with Crippen molar-refractivity contribution in [2.24, 2.45) is 0 Å². The van der Waals surface area contributed by atoms with Crippen LogP contribution in [0.2, 0.25) is 5.15 Å². The molecule has 5 rings (SSSR count).